The van der Waals surface area contributed by atoms with Crippen molar-refractivity contribution in [1.82, 2.24) is 10.3 Å². The molecule has 184 valence electrons. The molecule has 1 aromatic heterocycles. The Morgan fingerprint density at radius 1 is 0.944 bits per heavy atom. The molecule has 0 unspecified atom stereocenters. The average molecular weight is 504 g/mol. The summed E-state index contributed by atoms with van der Waals surface area (Å²) in [6.07, 6.45) is 4.80. The summed E-state index contributed by atoms with van der Waals surface area (Å²) in [6, 6.07) is 18.6. The molecule has 1 atom stereocenters. The Hall–Kier alpha value is -3.78. The van der Waals surface area contributed by atoms with Gasteiger partial charge in [0.2, 0.25) is 0 Å². The van der Waals surface area contributed by atoms with Crippen LogP contribution in [0.25, 0.3) is 21.3 Å². The Morgan fingerprint density at radius 3 is 2.28 bits per heavy atom. The molecular formula is C28H26FN3O3S. The van der Waals surface area contributed by atoms with Gasteiger partial charge in [-0.3, -0.25) is 4.79 Å². The van der Waals surface area contributed by atoms with Crippen LogP contribution in [0.2, 0.25) is 0 Å². The first-order valence-electron chi connectivity index (χ1n) is 12.0. The molecule has 1 aliphatic rings. The third-order valence-corrected chi connectivity index (χ3v) is 7.57. The monoisotopic (exact) mass is 503 g/mol. The van der Waals surface area contributed by atoms with E-state index in [1.807, 2.05) is 36.4 Å². The number of rotatable bonds is 7. The number of carbonyl (C=O) groups is 2. The van der Waals surface area contributed by atoms with Gasteiger partial charge in [-0.05, 0) is 72.4 Å². The Morgan fingerprint density at radius 2 is 1.61 bits per heavy atom. The lowest BCUT2D eigenvalue weighted by Crippen LogP contribution is -2.46. The smallest absolute Gasteiger partial charge is 0.326 e. The van der Waals surface area contributed by atoms with Crippen LogP contribution < -0.4 is 10.6 Å². The van der Waals surface area contributed by atoms with Crippen molar-refractivity contribution in [2.75, 3.05) is 5.32 Å². The van der Waals surface area contributed by atoms with E-state index in [9.17, 15) is 19.1 Å². The fraction of sp³-hybridized carbons (Fsp3) is 0.250. The molecule has 0 aliphatic heterocycles. The number of nitrogens with one attached hydrogen (secondary N) is 2. The molecule has 1 saturated carbocycles. The summed E-state index contributed by atoms with van der Waals surface area (Å²) >= 11 is 1.39. The van der Waals surface area contributed by atoms with Crippen molar-refractivity contribution in [1.29, 1.82) is 0 Å². The summed E-state index contributed by atoms with van der Waals surface area (Å²) in [6.45, 7) is 0. The number of nitrogens with zero attached hydrogens (tertiary/aromatic N) is 1. The first-order valence-corrected chi connectivity index (χ1v) is 12.9. The number of carbonyl (C=O) groups excluding carboxylic acids is 1. The predicted molar refractivity (Wildman–Crippen MR) is 140 cm³/mol. The van der Waals surface area contributed by atoms with Crippen molar-refractivity contribution in [3.8, 4) is 11.1 Å². The second-order valence-electron chi connectivity index (χ2n) is 9.10. The highest BCUT2D eigenvalue weighted by atomic mass is 32.1. The number of benzene rings is 3. The van der Waals surface area contributed by atoms with E-state index in [0.717, 1.165) is 59.1 Å². The highest BCUT2D eigenvalue weighted by Crippen LogP contribution is 2.30. The average Bonchev–Trinajstić information content (AvgIpc) is 3.29. The Labute approximate surface area is 212 Å². The third kappa shape index (κ3) is 5.39. The molecule has 1 amide bonds. The maximum Gasteiger partial charge on any atom is 0.326 e. The van der Waals surface area contributed by atoms with Crippen LogP contribution in [0.1, 0.15) is 42.5 Å². The van der Waals surface area contributed by atoms with Crippen molar-refractivity contribution >= 4 is 44.2 Å². The fourth-order valence-electron chi connectivity index (χ4n) is 4.71. The predicted octanol–water partition coefficient (Wildman–Crippen LogP) is 6.61. The summed E-state index contributed by atoms with van der Waals surface area (Å²) in [7, 11) is 0. The van der Waals surface area contributed by atoms with Gasteiger partial charge >= 0.3 is 5.97 Å². The van der Waals surface area contributed by atoms with E-state index in [1.54, 1.807) is 18.2 Å². The molecule has 0 saturated heterocycles. The second-order valence-corrected chi connectivity index (χ2v) is 10.1. The van der Waals surface area contributed by atoms with Gasteiger partial charge in [-0.15, -0.1) is 0 Å². The molecule has 36 heavy (non-hydrogen) atoms. The van der Waals surface area contributed by atoms with E-state index in [2.05, 4.69) is 15.6 Å². The largest absolute Gasteiger partial charge is 0.480 e. The molecule has 5 rings (SSSR count). The second kappa shape index (κ2) is 10.5. The maximum atomic E-state index is 13.4. The number of carboxylic acid groups (broad SMARTS) is 1. The van der Waals surface area contributed by atoms with Gasteiger partial charge in [0.15, 0.2) is 5.13 Å². The van der Waals surface area contributed by atoms with Crippen molar-refractivity contribution in [3.63, 3.8) is 0 Å². The van der Waals surface area contributed by atoms with Gasteiger partial charge < -0.3 is 15.7 Å². The molecule has 0 radical (unpaired) electrons. The minimum atomic E-state index is -0.974. The van der Waals surface area contributed by atoms with Crippen LogP contribution in [-0.4, -0.2) is 28.0 Å². The lowest BCUT2D eigenvalue weighted by atomic mass is 9.84. The molecule has 0 bridgehead atoms. The molecule has 1 heterocycles. The number of hydrogen-bond acceptors (Lipinski definition) is 5. The topological polar surface area (TPSA) is 91.3 Å². The van der Waals surface area contributed by atoms with E-state index in [-0.39, 0.29) is 17.6 Å². The van der Waals surface area contributed by atoms with Crippen molar-refractivity contribution < 1.29 is 19.1 Å². The molecule has 8 heteroatoms. The van der Waals surface area contributed by atoms with Crippen LogP contribution in [0.3, 0.4) is 0 Å². The van der Waals surface area contributed by atoms with Gasteiger partial charge in [-0.2, -0.15) is 0 Å². The van der Waals surface area contributed by atoms with E-state index in [0.29, 0.717) is 10.7 Å². The Kier molecular flexibility index (Phi) is 6.95. The zero-order valence-corrected chi connectivity index (χ0v) is 20.4. The van der Waals surface area contributed by atoms with Crippen molar-refractivity contribution in [2.24, 2.45) is 5.92 Å². The Balaban J connectivity index is 1.24. The molecule has 1 fully saturated rings. The van der Waals surface area contributed by atoms with Crippen LogP contribution in [0.5, 0.6) is 0 Å². The van der Waals surface area contributed by atoms with Crippen LogP contribution in [0.15, 0.2) is 66.7 Å². The lowest BCUT2D eigenvalue weighted by molar-refractivity contribution is -0.141. The summed E-state index contributed by atoms with van der Waals surface area (Å²) in [5.41, 5.74) is 3.96. The highest BCUT2D eigenvalue weighted by Gasteiger charge is 2.30. The summed E-state index contributed by atoms with van der Waals surface area (Å²) in [4.78, 5) is 29.0. The number of anilines is 2. The number of thiazole rings is 1. The number of halogens is 1. The standard InChI is InChI=1S/C28H26FN3O3S/c29-21-12-15-23-24(16-21)36-28(31-23)30-22-13-10-18(11-14-22)17-6-8-20(9-7-17)26(33)32-25(27(34)35)19-4-2-1-3-5-19/h6-16,19,25H,1-5H2,(H,30,31)(H,32,33)(H,34,35)/t25-/m0/s1. The van der Waals surface area contributed by atoms with E-state index < -0.39 is 12.0 Å². The van der Waals surface area contributed by atoms with E-state index >= 15 is 0 Å². The van der Waals surface area contributed by atoms with Crippen molar-refractivity contribution in [2.45, 2.75) is 38.1 Å². The molecular weight excluding hydrogens is 477 g/mol. The molecule has 3 aromatic carbocycles. The number of hydrogen-bond donors (Lipinski definition) is 3. The normalized spacial score (nSPS) is 14.9. The molecule has 6 nitrogen and oxygen atoms in total. The number of fused-ring (bicyclic) bond motifs is 1. The van der Waals surface area contributed by atoms with Crippen molar-refractivity contribution in [3.05, 3.63) is 78.1 Å². The molecule has 1 aliphatic carbocycles. The number of carboxylic acids is 1. The fourth-order valence-corrected chi connectivity index (χ4v) is 5.62. The molecule has 3 N–H and O–H groups in total. The zero-order valence-electron chi connectivity index (χ0n) is 19.5. The first kappa shape index (κ1) is 23.9. The highest BCUT2D eigenvalue weighted by molar-refractivity contribution is 7.22. The van der Waals surface area contributed by atoms with Crippen LogP contribution >= 0.6 is 11.3 Å². The van der Waals surface area contributed by atoms with E-state index in [4.69, 9.17) is 0 Å². The quantitative estimate of drug-likeness (QED) is 0.264. The zero-order chi connectivity index (χ0) is 25.1. The van der Waals surface area contributed by atoms with Gasteiger partial charge in [0.1, 0.15) is 11.9 Å². The lowest BCUT2D eigenvalue weighted by Gasteiger charge is -2.28. The van der Waals surface area contributed by atoms with Gasteiger partial charge in [0.25, 0.3) is 5.91 Å². The minimum absolute atomic E-state index is 0.0180. The Bertz CT molecular complexity index is 1380. The summed E-state index contributed by atoms with van der Waals surface area (Å²) in [5, 5.41) is 16.3. The SMILES string of the molecule is O=C(N[C@H](C(=O)O)C1CCCCC1)c1ccc(-c2ccc(Nc3nc4ccc(F)cc4s3)cc2)cc1. The van der Waals surface area contributed by atoms with Crippen LogP contribution in [0, 0.1) is 11.7 Å². The van der Waals surface area contributed by atoms with Crippen LogP contribution in [0.4, 0.5) is 15.2 Å². The number of aromatic nitrogens is 1. The van der Waals surface area contributed by atoms with E-state index in [1.165, 1.54) is 23.5 Å². The number of aliphatic carboxylic acids is 1. The van der Waals surface area contributed by atoms with Crippen LogP contribution in [-0.2, 0) is 4.79 Å². The summed E-state index contributed by atoms with van der Waals surface area (Å²) < 4.78 is 14.2. The van der Waals surface area contributed by atoms with Gasteiger partial charge in [-0.1, -0.05) is 54.9 Å². The maximum absolute atomic E-state index is 13.4. The molecule has 0 spiro atoms. The summed E-state index contributed by atoms with van der Waals surface area (Å²) in [5.74, 6) is -1.64. The third-order valence-electron chi connectivity index (χ3n) is 6.64. The minimum Gasteiger partial charge on any atom is -0.480 e. The van der Waals surface area contributed by atoms with Gasteiger partial charge in [0.05, 0.1) is 10.2 Å². The first-order chi connectivity index (χ1) is 17.5. The number of amides is 1. The van der Waals surface area contributed by atoms with Gasteiger partial charge in [0, 0.05) is 11.3 Å². The van der Waals surface area contributed by atoms with Gasteiger partial charge in [-0.25, -0.2) is 14.2 Å². The molecule has 4 aromatic rings.